The first kappa shape index (κ1) is 20.8. The van der Waals surface area contributed by atoms with Crippen LogP contribution in [0.25, 0.3) is 16.6 Å². The highest BCUT2D eigenvalue weighted by Crippen LogP contribution is 2.32. The number of benzene rings is 2. The summed E-state index contributed by atoms with van der Waals surface area (Å²) >= 11 is 0. The minimum atomic E-state index is -4.07. The lowest BCUT2D eigenvalue weighted by Crippen LogP contribution is -2.34. The van der Waals surface area contributed by atoms with Crippen molar-refractivity contribution in [3.63, 3.8) is 0 Å². The molecular weight excluding hydrogens is 418 g/mol. The number of carbonyl (C=O) groups is 1. The number of sulfonamides is 1. The summed E-state index contributed by atoms with van der Waals surface area (Å²) in [6.45, 7) is 3.23. The van der Waals surface area contributed by atoms with Crippen molar-refractivity contribution in [2.75, 3.05) is 18.1 Å². The van der Waals surface area contributed by atoms with Crippen LogP contribution < -0.4 is 4.31 Å². The Kier molecular flexibility index (Phi) is 5.38. The molecule has 2 heterocycles. The van der Waals surface area contributed by atoms with Crippen LogP contribution in [-0.2, 0) is 14.8 Å². The second-order valence-electron chi connectivity index (χ2n) is 7.01. The molecule has 2 aromatic carbocycles. The van der Waals surface area contributed by atoms with Gasteiger partial charge in [-0.1, -0.05) is 29.4 Å². The number of fused-ring (bicyclic) bond motifs is 1. The molecule has 0 aliphatic carbocycles. The van der Waals surface area contributed by atoms with E-state index in [0.717, 1.165) is 21.5 Å². The summed E-state index contributed by atoms with van der Waals surface area (Å²) < 4.78 is 40.7. The summed E-state index contributed by atoms with van der Waals surface area (Å²) in [5.74, 6) is 0.701. The molecule has 0 radical (unpaired) electrons. The van der Waals surface area contributed by atoms with E-state index in [1.165, 1.54) is 13.2 Å². The average molecular weight is 439 g/mol. The van der Waals surface area contributed by atoms with Gasteiger partial charge in [-0.2, -0.15) is 0 Å². The fraction of sp³-hybridized carbons (Fsp3) is 0.182. The zero-order chi connectivity index (χ0) is 22.2. The Morgan fingerprint density at radius 1 is 1.13 bits per heavy atom. The number of hydrogen-bond donors (Lipinski definition) is 0. The Hall–Kier alpha value is -3.43. The quantitative estimate of drug-likeness (QED) is 0.321. The molecule has 0 amide bonds. The molecule has 0 aliphatic heterocycles. The highest BCUT2D eigenvalue weighted by atomic mass is 32.2. The molecule has 0 aliphatic rings. The molecule has 31 heavy (non-hydrogen) atoms. The number of nitrogens with zero attached hydrogens (tertiary/aromatic N) is 3. The van der Waals surface area contributed by atoms with Crippen LogP contribution in [0.5, 0.6) is 0 Å². The number of aldehydes is 1. The fourth-order valence-corrected chi connectivity index (χ4v) is 5.06. The number of rotatable bonds is 7. The number of methoxy groups -OCH3 is 1. The van der Waals surface area contributed by atoms with Crippen LogP contribution in [0.3, 0.4) is 0 Å². The molecule has 0 atom stereocenters. The number of anilines is 1. The number of aromatic nitrogens is 2. The van der Waals surface area contributed by atoms with E-state index in [4.69, 9.17) is 9.26 Å². The van der Waals surface area contributed by atoms with Crippen LogP contribution in [0.2, 0.25) is 0 Å². The average Bonchev–Trinajstić information content (AvgIpc) is 3.35. The van der Waals surface area contributed by atoms with Gasteiger partial charge in [0.2, 0.25) is 0 Å². The van der Waals surface area contributed by atoms with Crippen molar-refractivity contribution in [1.82, 2.24) is 9.72 Å². The van der Waals surface area contributed by atoms with Crippen molar-refractivity contribution < 1.29 is 22.5 Å². The van der Waals surface area contributed by atoms with Crippen LogP contribution in [0.15, 0.2) is 64.1 Å². The Morgan fingerprint density at radius 3 is 2.58 bits per heavy atom. The SMILES string of the molecule is COCN(c1noc(C)c1C)S(=O)(=O)c1ccccc1-n1ccc2c(C=O)cccc21. The largest absolute Gasteiger partial charge is 0.363 e. The van der Waals surface area contributed by atoms with E-state index in [2.05, 4.69) is 5.16 Å². The molecule has 0 N–H and O–H groups in total. The summed E-state index contributed by atoms with van der Waals surface area (Å²) in [7, 11) is -2.66. The second-order valence-corrected chi connectivity index (χ2v) is 8.84. The molecule has 2 aromatic heterocycles. The van der Waals surface area contributed by atoms with E-state index in [-0.39, 0.29) is 17.4 Å². The summed E-state index contributed by atoms with van der Waals surface area (Å²) in [4.78, 5) is 11.5. The van der Waals surface area contributed by atoms with Gasteiger partial charge in [0.15, 0.2) is 12.1 Å². The number of aryl methyl sites for hydroxylation is 1. The van der Waals surface area contributed by atoms with Crippen LogP contribution in [0.4, 0.5) is 5.82 Å². The maximum atomic E-state index is 13.8. The molecule has 0 saturated heterocycles. The zero-order valence-electron chi connectivity index (χ0n) is 17.3. The third-order valence-corrected chi connectivity index (χ3v) is 6.96. The maximum absolute atomic E-state index is 13.8. The molecule has 0 spiro atoms. The summed E-state index contributed by atoms with van der Waals surface area (Å²) in [6.07, 6.45) is 2.53. The molecule has 4 aromatic rings. The van der Waals surface area contributed by atoms with Gasteiger partial charge in [-0.3, -0.25) is 4.79 Å². The third-order valence-electron chi connectivity index (χ3n) is 5.20. The van der Waals surface area contributed by atoms with Gasteiger partial charge in [0.05, 0.1) is 11.2 Å². The van der Waals surface area contributed by atoms with E-state index < -0.39 is 10.0 Å². The molecule has 9 heteroatoms. The van der Waals surface area contributed by atoms with Crippen LogP contribution in [0, 0.1) is 13.8 Å². The third kappa shape index (κ3) is 3.41. The molecule has 8 nitrogen and oxygen atoms in total. The van der Waals surface area contributed by atoms with E-state index >= 15 is 0 Å². The molecular formula is C22H21N3O5S. The number of ether oxygens (including phenoxy) is 1. The lowest BCUT2D eigenvalue weighted by Gasteiger charge is -2.23. The zero-order valence-corrected chi connectivity index (χ0v) is 18.1. The van der Waals surface area contributed by atoms with Gasteiger partial charge < -0.3 is 13.8 Å². The lowest BCUT2D eigenvalue weighted by atomic mass is 10.1. The Morgan fingerprint density at radius 2 is 1.90 bits per heavy atom. The van der Waals surface area contributed by atoms with E-state index in [1.54, 1.807) is 61.0 Å². The maximum Gasteiger partial charge on any atom is 0.269 e. The van der Waals surface area contributed by atoms with Gasteiger partial charge >= 0.3 is 0 Å². The van der Waals surface area contributed by atoms with Gasteiger partial charge in [-0.05, 0) is 38.1 Å². The second kappa shape index (κ2) is 8.01. The predicted octanol–water partition coefficient (Wildman–Crippen LogP) is 3.85. The lowest BCUT2D eigenvalue weighted by molar-refractivity contribution is 0.112. The van der Waals surface area contributed by atoms with Gasteiger partial charge in [0, 0.05) is 29.8 Å². The van der Waals surface area contributed by atoms with Crippen molar-refractivity contribution in [2.45, 2.75) is 18.7 Å². The van der Waals surface area contributed by atoms with Crippen molar-refractivity contribution >= 4 is 33.0 Å². The Bertz CT molecular complexity index is 1370. The van der Waals surface area contributed by atoms with Crippen molar-refractivity contribution in [1.29, 1.82) is 0 Å². The Labute approximate surface area is 179 Å². The standard InChI is InChI=1S/C22H21N3O5S/c1-15-16(2)30-23-22(15)25(14-29-3)31(27,28)21-10-5-4-8-20(21)24-12-11-18-17(13-26)7-6-9-19(18)24/h4-13H,14H2,1-3H3. The first-order chi connectivity index (χ1) is 14.9. The molecule has 0 fully saturated rings. The van der Waals surface area contributed by atoms with Crippen molar-refractivity contribution in [3.05, 3.63) is 71.6 Å². The molecule has 0 saturated carbocycles. The van der Waals surface area contributed by atoms with Crippen LogP contribution in [-0.4, -0.2) is 38.3 Å². The summed E-state index contributed by atoms with van der Waals surface area (Å²) in [5, 5.41) is 4.67. The topological polar surface area (TPSA) is 94.6 Å². The van der Waals surface area contributed by atoms with Crippen molar-refractivity contribution in [3.8, 4) is 5.69 Å². The summed E-state index contributed by atoms with van der Waals surface area (Å²) in [5.41, 5.74) is 2.31. The first-order valence-corrected chi connectivity index (χ1v) is 10.9. The van der Waals surface area contributed by atoms with E-state index in [1.807, 2.05) is 6.07 Å². The fourth-order valence-electron chi connectivity index (χ4n) is 3.50. The summed E-state index contributed by atoms with van der Waals surface area (Å²) in [6, 6.07) is 13.8. The van der Waals surface area contributed by atoms with Crippen LogP contribution >= 0.6 is 0 Å². The normalized spacial score (nSPS) is 11.7. The molecule has 4 rings (SSSR count). The van der Waals surface area contributed by atoms with Gasteiger partial charge in [0.1, 0.15) is 17.4 Å². The minimum Gasteiger partial charge on any atom is -0.363 e. The predicted molar refractivity (Wildman–Crippen MR) is 116 cm³/mol. The van der Waals surface area contributed by atoms with Crippen LogP contribution in [0.1, 0.15) is 21.7 Å². The van der Waals surface area contributed by atoms with E-state index in [0.29, 0.717) is 22.6 Å². The number of carbonyl (C=O) groups excluding carboxylic acids is 1. The highest BCUT2D eigenvalue weighted by Gasteiger charge is 2.32. The van der Waals surface area contributed by atoms with E-state index in [9.17, 15) is 13.2 Å². The van der Waals surface area contributed by atoms with Crippen molar-refractivity contribution in [2.24, 2.45) is 0 Å². The molecule has 0 bridgehead atoms. The molecule has 0 unspecified atom stereocenters. The number of hydrogen-bond acceptors (Lipinski definition) is 6. The van der Waals surface area contributed by atoms with Gasteiger partial charge in [-0.25, -0.2) is 12.7 Å². The Balaban J connectivity index is 1.92. The molecule has 160 valence electrons. The minimum absolute atomic E-state index is 0.0705. The van der Waals surface area contributed by atoms with Gasteiger partial charge in [-0.15, -0.1) is 0 Å². The smallest absolute Gasteiger partial charge is 0.269 e. The number of para-hydroxylation sites is 1. The van der Waals surface area contributed by atoms with Gasteiger partial charge in [0.25, 0.3) is 10.0 Å². The first-order valence-electron chi connectivity index (χ1n) is 9.49. The highest BCUT2D eigenvalue weighted by molar-refractivity contribution is 7.93. The monoisotopic (exact) mass is 439 g/mol.